The maximum Gasteiger partial charge on any atom is 0.357 e. The maximum atomic E-state index is 11.2. The van der Waals surface area contributed by atoms with Crippen LogP contribution in [-0.4, -0.2) is 20.9 Å². The standard InChI is InChI=1S/C16H14N2O2/c1-11-6-8-12(9-7-11)10-18-14-5-3-2-4-13(14)15(17-18)16(19)20/h2-9H,10H2,1H3,(H,19,20). The molecule has 0 radical (unpaired) electrons. The molecule has 0 amide bonds. The Hall–Kier alpha value is -2.62. The van der Waals surface area contributed by atoms with Gasteiger partial charge in [0.05, 0.1) is 12.1 Å². The van der Waals surface area contributed by atoms with Crippen molar-refractivity contribution in [2.24, 2.45) is 0 Å². The molecule has 3 aromatic rings. The van der Waals surface area contributed by atoms with E-state index in [-0.39, 0.29) is 5.69 Å². The van der Waals surface area contributed by atoms with Crippen molar-refractivity contribution in [1.82, 2.24) is 9.78 Å². The van der Waals surface area contributed by atoms with Crippen LogP contribution in [0.5, 0.6) is 0 Å². The summed E-state index contributed by atoms with van der Waals surface area (Å²) in [4.78, 5) is 11.2. The minimum absolute atomic E-state index is 0.104. The van der Waals surface area contributed by atoms with E-state index in [4.69, 9.17) is 0 Å². The summed E-state index contributed by atoms with van der Waals surface area (Å²) < 4.78 is 1.74. The van der Waals surface area contributed by atoms with Gasteiger partial charge >= 0.3 is 5.97 Å². The largest absolute Gasteiger partial charge is 0.476 e. The second kappa shape index (κ2) is 4.81. The topological polar surface area (TPSA) is 55.1 Å². The number of nitrogens with zero attached hydrogens (tertiary/aromatic N) is 2. The molecule has 100 valence electrons. The Balaban J connectivity index is 2.07. The van der Waals surface area contributed by atoms with Gasteiger partial charge in [0.1, 0.15) is 0 Å². The highest BCUT2D eigenvalue weighted by molar-refractivity contribution is 6.01. The molecule has 1 heterocycles. The first-order valence-electron chi connectivity index (χ1n) is 6.39. The van der Waals surface area contributed by atoms with E-state index in [2.05, 4.69) is 5.10 Å². The zero-order valence-corrected chi connectivity index (χ0v) is 11.1. The Kier molecular flexibility index (Phi) is 2.99. The molecule has 0 aliphatic rings. The molecule has 0 atom stereocenters. The summed E-state index contributed by atoms with van der Waals surface area (Å²) in [6.07, 6.45) is 0. The predicted octanol–water partition coefficient (Wildman–Crippen LogP) is 3.09. The molecule has 0 spiro atoms. The zero-order valence-electron chi connectivity index (χ0n) is 11.1. The number of hydrogen-bond donors (Lipinski definition) is 1. The molecule has 1 N–H and O–H groups in total. The van der Waals surface area contributed by atoms with Crippen molar-refractivity contribution < 1.29 is 9.90 Å². The Morgan fingerprint density at radius 1 is 1.15 bits per heavy atom. The number of aromatic nitrogens is 2. The normalized spacial score (nSPS) is 10.8. The SMILES string of the molecule is Cc1ccc(Cn2nc(C(=O)O)c3ccccc32)cc1. The first kappa shape index (κ1) is 12.4. The van der Waals surface area contributed by atoms with E-state index in [0.29, 0.717) is 11.9 Å². The summed E-state index contributed by atoms with van der Waals surface area (Å²) in [7, 11) is 0. The van der Waals surface area contributed by atoms with Gasteiger partial charge in [-0.05, 0) is 18.6 Å². The van der Waals surface area contributed by atoms with Crippen molar-refractivity contribution >= 4 is 16.9 Å². The van der Waals surface area contributed by atoms with Crippen LogP contribution in [0.15, 0.2) is 48.5 Å². The van der Waals surface area contributed by atoms with Gasteiger partial charge in [0.2, 0.25) is 0 Å². The summed E-state index contributed by atoms with van der Waals surface area (Å²) in [6, 6.07) is 15.5. The number of fused-ring (bicyclic) bond motifs is 1. The van der Waals surface area contributed by atoms with E-state index in [9.17, 15) is 9.90 Å². The van der Waals surface area contributed by atoms with Crippen LogP contribution in [0.2, 0.25) is 0 Å². The van der Waals surface area contributed by atoms with Gasteiger partial charge < -0.3 is 5.11 Å². The van der Waals surface area contributed by atoms with Gasteiger partial charge in [0.15, 0.2) is 5.69 Å². The number of rotatable bonds is 3. The van der Waals surface area contributed by atoms with Crippen LogP contribution in [0, 0.1) is 6.92 Å². The first-order chi connectivity index (χ1) is 9.65. The molecule has 0 saturated heterocycles. The van der Waals surface area contributed by atoms with Gasteiger partial charge in [-0.3, -0.25) is 4.68 Å². The molecule has 0 aliphatic carbocycles. The van der Waals surface area contributed by atoms with E-state index >= 15 is 0 Å². The second-order valence-corrected chi connectivity index (χ2v) is 4.81. The van der Waals surface area contributed by atoms with Crippen LogP contribution < -0.4 is 0 Å². The van der Waals surface area contributed by atoms with E-state index in [1.807, 2.05) is 49.4 Å². The number of carbonyl (C=O) groups is 1. The summed E-state index contributed by atoms with van der Waals surface area (Å²) in [6.45, 7) is 2.60. The van der Waals surface area contributed by atoms with Crippen molar-refractivity contribution in [2.75, 3.05) is 0 Å². The van der Waals surface area contributed by atoms with Crippen molar-refractivity contribution in [3.8, 4) is 0 Å². The molecule has 0 aliphatic heterocycles. The Morgan fingerprint density at radius 2 is 1.85 bits per heavy atom. The number of aryl methyl sites for hydroxylation is 1. The fraction of sp³-hybridized carbons (Fsp3) is 0.125. The predicted molar refractivity (Wildman–Crippen MR) is 77.0 cm³/mol. The third kappa shape index (κ3) is 2.16. The van der Waals surface area contributed by atoms with Crippen LogP contribution in [-0.2, 0) is 6.54 Å². The van der Waals surface area contributed by atoms with Gasteiger partial charge in [0, 0.05) is 5.39 Å². The average molecular weight is 266 g/mol. The fourth-order valence-corrected chi connectivity index (χ4v) is 2.27. The summed E-state index contributed by atoms with van der Waals surface area (Å²) >= 11 is 0. The van der Waals surface area contributed by atoms with Crippen molar-refractivity contribution in [2.45, 2.75) is 13.5 Å². The highest BCUT2D eigenvalue weighted by atomic mass is 16.4. The number of para-hydroxylation sites is 1. The number of carboxylic acids is 1. The molecule has 4 heteroatoms. The molecule has 2 aromatic carbocycles. The highest BCUT2D eigenvalue weighted by Crippen LogP contribution is 2.19. The van der Waals surface area contributed by atoms with Crippen molar-refractivity contribution in [3.63, 3.8) is 0 Å². The molecular weight excluding hydrogens is 252 g/mol. The van der Waals surface area contributed by atoms with E-state index in [0.717, 1.165) is 11.1 Å². The van der Waals surface area contributed by atoms with Crippen LogP contribution in [0.25, 0.3) is 10.9 Å². The van der Waals surface area contributed by atoms with E-state index < -0.39 is 5.97 Å². The molecular formula is C16H14N2O2. The Bertz CT molecular complexity index is 773. The molecule has 0 saturated carbocycles. The first-order valence-corrected chi connectivity index (χ1v) is 6.39. The summed E-state index contributed by atoms with van der Waals surface area (Å²) in [5, 5.41) is 14.1. The van der Waals surface area contributed by atoms with Crippen LogP contribution in [0.3, 0.4) is 0 Å². The minimum Gasteiger partial charge on any atom is -0.476 e. The minimum atomic E-state index is -0.996. The molecule has 1 aromatic heterocycles. The monoisotopic (exact) mass is 266 g/mol. The van der Waals surface area contributed by atoms with Gasteiger partial charge in [-0.15, -0.1) is 0 Å². The lowest BCUT2D eigenvalue weighted by atomic mass is 10.1. The molecule has 3 rings (SSSR count). The van der Waals surface area contributed by atoms with Crippen LogP contribution in [0.1, 0.15) is 21.6 Å². The summed E-state index contributed by atoms with van der Waals surface area (Å²) in [5.41, 5.74) is 3.24. The lowest BCUT2D eigenvalue weighted by Crippen LogP contribution is -2.04. The third-order valence-corrected chi connectivity index (χ3v) is 3.31. The van der Waals surface area contributed by atoms with Gasteiger partial charge in [-0.1, -0.05) is 48.0 Å². The summed E-state index contributed by atoms with van der Waals surface area (Å²) in [5.74, 6) is -0.996. The third-order valence-electron chi connectivity index (χ3n) is 3.31. The van der Waals surface area contributed by atoms with Gasteiger partial charge in [-0.25, -0.2) is 4.79 Å². The number of carboxylic acid groups (broad SMARTS) is 1. The average Bonchev–Trinajstić information content (AvgIpc) is 2.81. The van der Waals surface area contributed by atoms with Gasteiger partial charge in [-0.2, -0.15) is 5.10 Å². The second-order valence-electron chi connectivity index (χ2n) is 4.81. The number of aromatic carboxylic acids is 1. The van der Waals surface area contributed by atoms with Crippen LogP contribution >= 0.6 is 0 Å². The Labute approximate surface area is 116 Å². The molecule has 0 fully saturated rings. The smallest absolute Gasteiger partial charge is 0.357 e. The van der Waals surface area contributed by atoms with Crippen molar-refractivity contribution in [1.29, 1.82) is 0 Å². The number of benzene rings is 2. The van der Waals surface area contributed by atoms with E-state index in [1.54, 1.807) is 10.7 Å². The molecule has 20 heavy (non-hydrogen) atoms. The quantitative estimate of drug-likeness (QED) is 0.792. The van der Waals surface area contributed by atoms with Gasteiger partial charge in [0.25, 0.3) is 0 Å². The zero-order chi connectivity index (χ0) is 14.1. The van der Waals surface area contributed by atoms with E-state index in [1.165, 1.54) is 5.56 Å². The highest BCUT2D eigenvalue weighted by Gasteiger charge is 2.15. The molecule has 0 unspecified atom stereocenters. The number of hydrogen-bond acceptors (Lipinski definition) is 2. The van der Waals surface area contributed by atoms with Crippen LogP contribution in [0.4, 0.5) is 0 Å². The lowest BCUT2D eigenvalue weighted by Gasteiger charge is -2.04. The fourth-order valence-electron chi connectivity index (χ4n) is 2.27. The lowest BCUT2D eigenvalue weighted by molar-refractivity contribution is 0.0691. The Morgan fingerprint density at radius 3 is 2.55 bits per heavy atom. The van der Waals surface area contributed by atoms with Crippen molar-refractivity contribution in [3.05, 3.63) is 65.4 Å². The molecule has 4 nitrogen and oxygen atoms in total. The maximum absolute atomic E-state index is 11.2. The molecule has 0 bridgehead atoms.